The van der Waals surface area contributed by atoms with Crippen LogP contribution in [0.2, 0.25) is 0 Å². The Bertz CT molecular complexity index is 1050. The molecule has 0 aliphatic carbocycles. The Morgan fingerprint density at radius 1 is 1.17 bits per heavy atom. The van der Waals surface area contributed by atoms with Crippen molar-refractivity contribution in [1.82, 2.24) is 10.2 Å². The number of anilines is 1. The van der Waals surface area contributed by atoms with E-state index in [2.05, 4.69) is 10.6 Å². The number of amides is 2. The van der Waals surface area contributed by atoms with Crippen LogP contribution >= 0.6 is 57.9 Å². The predicted octanol–water partition coefficient (Wildman–Crippen LogP) is 3.70. The molecule has 3 rings (SSSR count). The summed E-state index contributed by atoms with van der Waals surface area (Å²) in [5, 5.41) is 7.19. The Kier molecular flexibility index (Phi) is 8.58. The van der Waals surface area contributed by atoms with E-state index in [9.17, 15) is 19.2 Å². The van der Waals surface area contributed by atoms with E-state index < -0.39 is 51.2 Å². The lowest BCUT2D eigenvalue weighted by molar-refractivity contribution is -0.152. The molecule has 3 atom stereocenters. The normalized spacial score (nSPS) is 21.9. The molecule has 1 aromatic rings. The summed E-state index contributed by atoms with van der Waals surface area (Å²) in [5.74, 6) is -2.19. The second-order valence-corrected chi connectivity index (χ2v) is 13.7. The molecule has 14 heteroatoms. The molecule has 0 aromatic carbocycles. The first kappa shape index (κ1) is 27.9. The fourth-order valence-electron chi connectivity index (χ4n) is 3.27. The van der Waals surface area contributed by atoms with E-state index in [1.807, 2.05) is 6.92 Å². The van der Waals surface area contributed by atoms with Gasteiger partial charge in [0.25, 0.3) is 5.91 Å². The number of ether oxygens (including phenoxy) is 2. The molecule has 2 aliphatic heterocycles. The molecule has 0 saturated carbocycles. The van der Waals surface area contributed by atoms with Crippen molar-refractivity contribution in [2.45, 2.75) is 53.8 Å². The molecular weight excluding hydrogens is 561 g/mol. The Morgan fingerprint density at radius 2 is 1.86 bits per heavy atom. The molecule has 2 amide bonds. The maximum atomic E-state index is 12.8. The highest BCUT2D eigenvalue weighted by Crippen LogP contribution is 2.41. The van der Waals surface area contributed by atoms with Gasteiger partial charge in [0, 0.05) is 5.25 Å². The van der Waals surface area contributed by atoms with Gasteiger partial charge in [0.05, 0.1) is 12.1 Å². The van der Waals surface area contributed by atoms with E-state index in [1.54, 1.807) is 38.3 Å². The average molecular weight is 585 g/mol. The van der Waals surface area contributed by atoms with Crippen LogP contribution in [0, 0.1) is 0 Å². The number of hydrogen-bond acceptors (Lipinski definition) is 9. The van der Waals surface area contributed by atoms with E-state index in [4.69, 9.17) is 44.3 Å². The van der Waals surface area contributed by atoms with Gasteiger partial charge in [0.2, 0.25) is 9.70 Å². The van der Waals surface area contributed by atoms with Crippen LogP contribution in [-0.2, 0) is 23.9 Å². The topological polar surface area (TPSA) is 114 Å². The summed E-state index contributed by atoms with van der Waals surface area (Å²) < 4.78 is 8.61. The molecule has 35 heavy (non-hydrogen) atoms. The third kappa shape index (κ3) is 7.19. The zero-order valence-electron chi connectivity index (χ0n) is 19.2. The standard InChI is InChI=1S/C21H24Cl3N3O6S2/c1-10-7-12(19(31)32-9-21(22,23)24)27-16(29)14(17(27)35-10)26-13(28)8-25-15-11(5-6-34-15)18(30)33-20(2,3)4/h5-7,10,14,17,25H,8-9H2,1-4H3,(H,26,28)/t10?,14?,17-/m1/s1. The van der Waals surface area contributed by atoms with Crippen molar-refractivity contribution in [3.63, 3.8) is 0 Å². The van der Waals surface area contributed by atoms with Crippen molar-refractivity contribution in [2.75, 3.05) is 18.5 Å². The van der Waals surface area contributed by atoms with Crippen molar-refractivity contribution in [3.8, 4) is 0 Å². The third-order valence-electron chi connectivity index (χ3n) is 4.64. The summed E-state index contributed by atoms with van der Waals surface area (Å²) >= 11 is 19.5. The van der Waals surface area contributed by atoms with Crippen LogP contribution in [0.25, 0.3) is 0 Å². The number of nitrogens with zero attached hydrogens (tertiary/aromatic N) is 1. The maximum absolute atomic E-state index is 12.8. The van der Waals surface area contributed by atoms with E-state index in [1.165, 1.54) is 28.0 Å². The molecule has 3 heterocycles. The monoisotopic (exact) mass is 583 g/mol. The van der Waals surface area contributed by atoms with Gasteiger partial charge < -0.3 is 20.1 Å². The summed E-state index contributed by atoms with van der Waals surface area (Å²) in [5.41, 5.74) is -0.284. The van der Waals surface area contributed by atoms with Crippen molar-refractivity contribution < 1.29 is 28.7 Å². The average Bonchev–Trinajstić information content (AvgIpc) is 3.21. The van der Waals surface area contributed by atoms with Crippen molar-refractivity contribution >= 4 is 86.7 Å². The Morgan fingerprint density at radius 3 is 2.49 bits per heavy atom. The number of carbonyl (C=O) groups is 4. The minimum absolute atomic E-state index is 0.0460. The zero-order valence-corrected chi connectivity index (χ0v) is 23.1. The van der Waals surface area contributed by atoms with Gasteiger partial charge in [-0.15, -0.1) is 23.1 Å². The minimum atomic E-state index is -1.78. The van der Waals surface area contributed by atoms with Gasteiger partial charge in [0.1, 0.15) is 34.3 Å². The van der Waals surface area contributed by atoms with E-state index in [0.717, 1.165) is 0 Å². The van der Waals surface area contributed by atoms with Crippen LogP contribution in [0.3, 0.4) is 0 Å². The third-order valence-corrected chi connectivity index (χ3v) is 7.16. The Hall–Kier alpha value is -1.66. The van der Waals surface area contributed by atoms with Gasteiger partial charge in [-0.3, -0.25) is 14.5 Å². The summed E-state index contributed by atoms with van der Waals surface area (Å²) in [4.78, 5) is 51.4. The Labute approximate surface area is 225 Å². The summed E-state index contributed by atoms with van der Waals surface area (Å²) in [6, 6.07) is 0.789. The van der Waals surface area contributed by atoms with Gasteiger partial charge in [-0.2, -0.15) is 0 Å². The Balaban J connectivity index is 1.57. The van der Waals surface area contributed by atoms with E-state index in [0.29, 0.717) is 10.6 Å². The minimum Gasteiger partial charge on any atom is -0.456 e. The van der Waals surface area contributed by atoms with Crippen LogP contribution in [0.5, 0.6) is 0 Å². The fraction of sp³-hybridized carbons (Fsp3) is 0.524. The first-order valence-corrected chi connectivity index (χ1v) is 13.4. The summed E-state index contributed by atoms with van der Waals surface area (Å²) in [7, 11) is 0. The first-order valence-electron chi connectivity index (χ1n) is 10.4. The highest BCUT2D eigenvalue weighted by molar-refractivity contribution is 8.00. The lowest BCUT2D eigenvalue weighted by Gasteiger charge is -2.49. The number of esters is 2. The molecule has 1 aromatic heterocycles. The number of β-lactam (4-membered cyclic amide) rings is 1. The van der Waals surface area contributed by atoms with Gasteiger partial charge in [0.15, 0.2) is 0 Å². The number of halogens is 3. The summed E-state index contributed by atoms with van der Waals surface area (Å²) in [6.07, 6.45) is 1.59. The van der Waals surface area contributed by atoms with Crippen LogP contribution in [-0.4, -0.2) is 67.9 Å². The fourth-order valence-corrected chi connectivity index (χ4v) is 5.53. The summed E-state index contributed by atoms with van der Waals surface area (Å²) in [6.45, 7) is 6.51. The van der Waals surface area contributed by atoms with Gasteiger partial charge in [-0.05, 0) is 45.2 Å². The quantitative estimate of drug-likeness (QED) is 0.283. The van der Waals surface area contributed by atoms with Crippen LogP contribution < -0.4 is 10.6 Å². The highest BCUT2D eigenvalue weighted by Gasteiger charge is 2.54. The van der Waals surface area contributed by atoms with Crippen molar-refractivity contribution in [3.05, 3.63) is 28.8 Å². The molecule has 9 nitrogen and oxygen atoms in total. The highest BCUT2D eigenvalue weighted by atomic mass is 35.6. The molecule has 192 valence electrons. The largest absolute Gasteiger partial charge is 0.456 e. The smallest absolute Gasteiger partial charge is 0.354 e. The molecule has 1 saturated heterocycles. The van der Waals surface area contributed by atoms with E-state index >= 15 is 0 Å². The van der Waals surface area contributed by atoms with Gasteiger partial charge in [-0.1, -0.05) is 34.8 Å². The van der Waals surface area contributed by atoms with Gasteiger partial charge in [-0.25, -0.2) is 9.59 Å². The van der Waals surface area contributed by atoms with Crippen molar-refractivity contribution in [1.29, 1.82) is 0 Å². The maximum Gasteiger partial charge on any atom is 0.354 e. The number of alkyl halides is 3. The number of nitrogens with one attached hydrogen (secondary N) is 2. The number of rotatable bonds is 7. The number of carbonyl (C=O) groups excluding carboxylic acids is 4. The van der Waals surface area contributed by atoms with Gasteiger partial charge >= 0.3 is 11.9 Å². The van der Waals surface area contributed by atoms with Crippen LogP contribution in [0.15, 0.2) is 23.2 Å². The van der Waals surface area contributed by atoms with E-state index in [-0.39, 0.29) is 17.5 Å². The predicted molar refractivity (Wildman–Crippen MR) is 137 cm³/mol. The molecule has 1 fully saturated rings. The molecule has 0 bridgehead atoms. The second-order valence-electron chi connectivity index (χ2n) is 8.75. The lowest BCUT2D eigenvalue weighted by atomic mass is 10.0. The van der Waals surface area contributed by atoms with Crippen molar-refractivity contribution in [2.24, 2.45) is 0 Å². The molecule has 2 N–H and O–H groups in total. The van der Waals surface area contributed by atoms with Crippen LogP contribution in [0.1, 0.15) is 38.1 Å². The number of hydrogen-bond donors (Lipinski definition) is 2. The molecule has 0 spiro atoms. The number of thiophene rings is 1. The SMILES string of the molecule is CC1C=C(C(=O)OCC(Cl)(Cl)Cl)N2C(=O)C(NC(=O)CNc3sccc3C(=O)OC(C)(C)C)[C@H]2S1. The van der Waals surface area contributed by atoms with Crippen LogP contribution in [0.4, 0.5) is 5.00 Å². The lowest BCUT2D eigenvalue weighted by Crippen LogP contribution is -2.71. The number of thioether (sulfide) groups is 1. The zero-order chi connectivity index (χ0) is 26.1. The molecule has 2 unspecified atom stereocenters. The second kappa shape index (κ2) is 10.8. The molecule has 0 radical (unpaired) electrons. The first-order chi connectivity index (χ1) is 16.2. The molecular formula is C21H24Cl3N3O6S2. The molecule has 2 aliphatic rings. The number of fused-ring (bicyclic) bond motifs is 1.